The Morgan fingerprint density at radius 2 is 0.800 bits per heavy atom. The maximum absolute atomic E-state index is 4.80. The Bertz CT molecular complexity index is 2000. The standard InChI is InChI=1S/C36H24N4/c1-3-11-25(12-4-1)28-21-37-39(23-28)34-19-27-20-35(40-24-29(22-38-40)26-13-5-2-6-14-26)31-16-8-10-18-33(31)36(27)32-17-9-7-15-30(32)34/h1-24H. The molecule has 0 N–H and O–H groups in total. The smallest absolute Gasteiger partial charge is 0.0730 e. The van der Waals surface area contributed by atoms with Gasteiger partial charge >= 0.3 is 0 Å². The van der Waals surface area contributed by atoms with Gasteiger partial charge in [0.1, 0.15) is 0 Å². The minimum atomic E-state index is 1.05. The van der Waals surface area contributed by atoms with Crippen LogP contribution in [0.5, 0.6) is 0 Å². The van der Waals surface area contributed by atoms with E-state index in [0.717, 1.165) is 39.0 Å². The number of aromatic nitrogens is 4. The van der Waals surface area contributed by atoms with E-state index < -0.39 is 0 Å². The Morgan fingerprint density at radius 1 is 0.400 bits per heavy atom. The Labute approximate surface area is 231 Å². The normalized spacial score (nSPS) is 11.5. The summed E-state index contributed by atoms with van der Waals surface area (Å²) in [6.07, 6.45) is 8.11. The molecule has 0 fully saturated rings. The number of fused-ring (bicyclic) bond motifs is 5. The summed E-state index contributed by atoms with van der Waals surface area (Å²) >= 11 is 0. The molecule has 2 heterocycles. The number of hydrogen-bond acceptors (Lipinski definition) is 2. The molecule has 4 heteroatoms. The van der Waals surface area contributed by atoms with E-state index in [-0.39, 0.29) is 0 Å². The SMILES string of the molecule is c1ccc(-c2cnn(-c3cc4cc(-n5cc(-c6ccccc6)cn5)c5ccccc5c4c4ccccc34)c2)cc1. The molecule has 0 aliphatic carbocycles. The van der Waals surface area contributed by atoms with Gasteiger partial charge in [0.05, 0.1) is 23.8 Å². The zero-order valence-corrected chi connectivity index (χ0v) is 21.6. The lowest BCUT2D eigenvalue weighted by Gasteiger charge is -2.15. The fraction of sp³-hybridized carbons (Fsp3) is 0. The molecule has 0 aliphatic rings. The molecule has 40 heavy (non-hydrogen) atoms. The fourth-order valence-corrected chi connectivity index (χ4v) is 5.79. The summed E-state index contributed by atoms with van der Waals surface area (Å²) in [5.74, 6) is 0. The summed E-state index contributed by atoms with van der Waals surface area (Å²) in [4.78, 5) is 0. The highest BCUT2D eigenvalue weighted by Crippen LogP contribution is 2.38. The molecule has 0 saturated heterocycles. The minimum Gasteiger partial charge on any atom is -0.240 e. The molecular weight excluding hydrogens is 488 g/mol. The van der Waals surface area contributed by atoms with Crippen molar-refractivity contribution in [1.29, 1.82) is 0 Å². The first-order valence-corrected chi connectivity index (χ1v) is 13.4. The topological polar surface area (TPSA) is 35.6 Å². The van der Waals surface area contributed by atoms with Crippen molar-refractivity contribution in [3.63, 3.8) is 0 Å². The zero-order chi connectivity index (χ0) is 26.5. The Kier molecular flexibility index (Phi) is 5.10. The molecule has 0 spiro atoms. The maximum Gasteiger partial charge on any atom is 0.0730 e. The summed E-state index contributed by atoms with van der Waals surface area (Å²) in [6.45, 7) is 0. The van der Waals surface area contributed by atoms with Crippen molar-refractivity contribution < 1.29 is 0 Å². The molecule has 188 valence electrons. The number of benzene rings is 6. The van der Waals surface area contributed by atoms with Crippen LogP contribution in [0.3, 0.4) is 0 Å². The second kappa shape index (κ2) is 9.07. The molecule has 0 bridgehead atoms. The van der Waals surface area contributed by atoms with Crippen LogP contribution in [0, 0.1) is 0 Å². The van der Waals surface area contributed by atoms with Gasteiger partial charge in [0.15, 0.2) is 0 Å². The van der Waals surface area contributed by atoms with E-state index in [2.05, 4.69) is 122 Å². The van der Waals surface area contributed by atoms with Crippen LogP contribution in [0.4, 0.5) is 0 Å². The van der Waals surface area contributed by atoms with Gasteiger partial charge < -0.3 is 0 Å². The molecule has 0 saturated carbocycles. The molecular formula is C36H24N4. The highest BCUT2D eigenvalue weighted by molar-refractivity contribution is 6.23. The van der Waals surface area contributed by atoms with Gasteiger partial charge in [-0.2, -0.15) is 10.2 Å². The highest BCUT2D eigenvalue weighted by atomic mass is 15.3. The lowest BCUT2D eigenvalue weighted by molar-refractivity contribution is 0.886. The molecule has 0 aliphatic heterocycles. The Morgan fingerprint density at radius 3 is 1.25 bits per heavy atom. The van der Waals surface area contributed by atoms with Crippen molar-refractivity contribution in [2.45, 2.75) is 0 Å². The van der Waals surface area contributed by atoms with Crippen LogP contribution < -0.4 is 0 Å². The van der Waals surface area contributed by atoms with E-state index in [1.54, 1.807) is 0 Å². The van der Waals surface area contributed by atoms with Crippen molar-refractivity contribution in [1.82, 2.24) is 19.6 Å². The lowest BCUT2D eigenvalue weighted by Crippen LogP contribution is -1.99. The van der Waals surface area contributed by atoms with E-state index >= 15 is 0 Å². The van der Waals surface area contributed by atoms with E-state index in [0.29, 0.717) is 0 Å². The fourth-order valence-electron chi connectivity index (χ4n) is 5.79. The van der Waals surface area contributed by atoms with Crippen LogP contribution in [0.2, 0.25) is 0 Å². The molecule has 0 atom stereocenters. The Hall–Kier alpha value is -5.48. The van der Waals surface area contributed by atoms with Gasteiger partial charge in [-0.3, -0.25) is 0 Å². The zero-order valence-electron chi connectivity index (χ0n) is 21.6. The second-order valence-corrected chi connectivity index (χ2v) is 10.1. The number of hydrogen-bond donors (Lipinski definition) is 0. The van der Waals surface area contributed by atoms with Crippen molar-refractivity contribution in [3.05, 3.63) is 146 Å². The van der Waals surface area contributed by atoms with Gasteiger partial charge in [-0.1, -0.05) is 109 Å². The van der Waals surface area contributed by atoms with Crippen molar-refractivity contribution in [2.24, 2.45) is 0 Å². The molecule has 8 rings (SSSR count). The van der Waals surface area contributed by atoms with E-state index in [9.17, 15) is 0 Å². The van der Waals surface area contributed by atoms with Crippen LogP contribution in [-0.4, -0.2) is 19.6 Å². The predicted molar refractivity (Wildman–Crippen MR) is 164 cm³/mol. The third kappa shape index (κ3) is 3.62. The highest BCUT2D eigenvalue weighted by Gasteiger charge is 2.16. The van der Waals surface area contributed by atoms with E-state index in [4.69, 9.17) is 10.2 Å². The van der Waals surface area contributed by atoms with E-state index in [1.807, 2.05) is 33.9 Å². The first kappa shape index (κ1) is 22.5. The van der Waals surface area contributed by atoms with Crippen LogP contribution in [0.25, 0.3) is 65.9 Å². The van der Waals surface area contributed by atoms with Crippen molar-refractivity contribution in [3.8, 4) is 33.6 Å². The van der Waals surface area contributed by atoms with Crippen molar-refractivity contribution >= 4 is 32.3 Å². The molecule has 0 amide bonds. The number of rotatable bonds is 4. The monoisotopic (exact) mass is 512 g/mol. The molecule has 2 aromatic heterocycles. The Balaban J connectivity index is 1.38. The van der Waals surface area contributed by atoms with Crippen LogP contribution in [-0.2, 0) is 0 Å². The molecule has 6 aromatic carbocycles. The summed E-state index contributed by atoms with van der Waals surface area (Å²) < 4.78 is 4.00. The third-order valence-electron chi connectivity index (χ3n) is 7.69. The van der Waals surface area contributed by atoms with Crippen LogP contribution in [0.1, 0.15) is 0 Å². The van der Waals surface area contributed by atoms with Crippen LogP contribution >= 0.6 is 0 Å². The number of nitrogens with zero attached hydrogens (tertiary/aromatic N) is 4. The van der Waals surface area contributed by atoms with Crippen LogP contribution in [0.15, 0.2) is 146 Å². The summed E-state index contributed by atoms with van der Waals surface area (Å²) in [7, 11) is 0. The minimum absolute atomic E-state index is 1.05. The summed E-state index contributed by atoms with van der Waals surface area (Å²) in [5.41, 5.74) is 6.59. The van der Waals surface area contributed by atoms with E-state index in [1.165, 1.54) is 26.9 Å². The molecule has 0 unspecified atom stereocenters. The van der Waals surface area contributed by atoms with Gasteiger partial charge in [-0.15, -0.1) is 0 Å². The maximum atomic E-state index is 4.80. The molecule has 4 nitrogen and oxygen atoms in total. The summed E-state index contributed by atoms with van der Waals surface area (Å²) in [6, 6.07) is 42.6. The average Bonchev–Trinajstić information content (AvgIpc) is 3.72. The first-order chi connectivity index (χ1) is 19.8. The predicted octanol–water partition coefficient (Wildman–Crippen LogP) is 8.85. The summed E-state index contributed by atoms with van der Waals surface area (Å²) in [5, 5.41) is 16.7. The third-order valence-corrected chi connectivity index (χ3v) is 7.69. The molecule has 8 aromatic rings. The quantitative estimate of drug-likeness (QED) is 0.221. The van der Waals surface area contributed by atoms with Gasteiger partial charge in [-0.25, -0.2) is 9.36 Å². The largest absolute Gasteiger partial charge is 0.240 e. The van der Waals surface area contributed by atoms with Gasteiger partial charge in [-0.05, 0) is 44.8 Å². The first-order valence-electron chi connectivity index (χ1n) is 13.4. The second-order valence-electron chi connectivity index (χ2n) is 10.1. The van der Waals surface area contributed by atoms with Gasteiger partial charge in [0.25, 0.3) is 0 Å². The van der Waals surface area contributed by atoms with Crippen molar-refractivity contribution in [2.75, 3.05) is 0 Å². The van der Waals surface area contributed by atoms with Gasteiger partial charge in [0.2, 0.25) is 0 Å². The lowest BCUT2D eigenvalue weighted by atomic mass is 9.94. The van der Waals surface area contributed by atoms with Gasteiger partial charge in [0, 0.05) is 34.3 Å². The molecule has 0 radical (unpaired) electrons. The average molecular weight is 513 g/mol.